The zero-order valence-corrected chi connectivity index (χ0v) is 8.48. The fourth-order valence-electron chi connectivity index (χ4n) is 0. The monoisotopic (exact) mass is 160 g/mol. The Labute approximate surface area is 71.5 Å². The molecular weight excluding hydrogens is 136 g/mol. The van der Waals surface area contributed by atoms with Gasteiger partial charge in [-0.1, -0.05) is 40.2 Å². The molecule has 0 aliphatic heterocycles. The molecule has 0 aromatic heterocycles. The molecule has 2 heteroatoms. The summed E-state index contributed by atoms with van der Waals surface area (Å²) in [5, 5.41) is 0. The molecule has 0 unspecified atom stereocenters. The average molecular weight is 160 g/mol. The Bertz CT molecular complexity index is 72.1. The SMILES string of the molecule is C=CCN.CCC(C)(C)C.N. The van der Waals surface area contributed by atoms with Gasteiger partial charge in [0.05, 0.1) is 0 Å². The fourth-order valence-corrected chi connectivity index (χ4v) is 0. The standard InChI is InChI=1S/C6H14.C3H7N.H3N/c1-5-6(2,3)4;1-2-3-4;/h5H2,1-4H3;2H,1,3-4H2;1H3. The minimum Gasteiger partial charge on any atom is -0.344 e. The van der Waals surface area contributed by atoms with E-state index >= 15 is 0 Å². The van der Waals surface area contributed by atoms with Gasteiger partial charge in [0.15, 0.2) is 0 Å². The van der Waals surface area contributed by atoms with Crippen LogP contribution in [0.1, 0.15) is 34.1 Å². The highest BCUT2D eigenvalue weighted by molar-refractivity contribution is 4.64. The number of hydrogen-bond donors (Lipinski definition) is 2. The molecule has 0 rings (SSSR count). The minimum absolute atomic E-state index is 0. The predicted octanol–water partition coefficient (Wildman–Crippen LogP) is 2.74. The lowest BCUT2D eigenvalue weighted by molar-refractivity contribution is 0.398. The summed E-state index contributed by atoms with van der Waals surface area (Å²) in [5.74, 6) is 0. The van der Waals surface area contributed by atoms with Crippen LogP contribution in [-0.2, 0) is 0 Å². The Morgan fingerprint density at radius 1 is 1.36 bits per heavy atom. The summed E-state index contributed by atoms with van der Waals surface area (Å²) in [5.41, 5.74) is 5.45. The van der Waals surface area contributed by atoms with E-state index in [4.69, 9.17) is 5.73 Å². The van der Waals surface area contributed by atoms with E-state index < -0.39 is 0 Å². The molecular formula is C9H24N2. The van der Waals surface area contributed by atoms with Crippen molar-refractivity contribution in [3.05, 3.63) is 12.7 Å². The maximum atomic E-state index is 4.91. The van der Waals surface area contributed by atoms with Gasteiger partial charge in [-0.15, -0.1) is 6.58 Å². The molecule has 0 saturated heterocycles. The lowest BCUT2D eigenvalue weighted by Crippen LogP contribution is -2.00. The van der Waals surface area contributed by atoms with Crippen molar-refractivity contribution >= 4 is 0 Å². The quantitative estimate of drug-likeness (QED) is 0.579. The fraction of sp³-hybridized carbons (Fsp3) is 0.778. The van der Waals surface area contributed by atoms with Crippen molar-refractivity contribution in [2.75, 3.05) is 6.54 Å². The van der Waals surface area contributed by atoms with Crippen LogP contribution < -0.4 is 11.9 Å². The first-order valence-electron chi connectivity index (χ1n) is 3.79. The molecule has 0 radical (unpaired) electrons. The second kappa shape index (κ2) is 9.66. The van der Waals surface area contributed by atoms with E-state index in [0.29, 0.717) is 12.0 Å². The Morgan fingerprint density at radius 3 is 1.55 bits per heavy atom. The molecule has 0 fully saturated rings. The van der Waals surface area contributed by atoms with E-state index in [1.54, 1.807) is 6.08 Å². The first-order valence-corrected chi connectivity index (χ1v) is 3.79. The average Bonchev–Trinajstić information content (AvgIpc) is 1.87. The van der Waals surface area contributed by atoms with E-state index in [0.717, 1.165) is 0 Å². The Balaban J connectivity index is -0.000000114. The lowest BCUT2D eigenvalue weighted by atomic mass is 9.94. The summed E-state index contributed by atoms with van der Waals surface area (Å²) in [4.78, 5) is 0. The predicted molar refractivity (Wildman–Crippen MR) is 54.0 cm³/mol. The van der Waals surface area contributed by atoms with Gasteiger partial charge < -0.3 is 11.9 Å². The van der Waals surface area contributed by atoms with E-state index in [2.05, 4.69) is 34.3 Å². The molecule has 0 saturated carbocycles. The van der Waals surface area contributed by atoms with Gasteiger partial charge in [0.1, 0.15) is 0 Å². The van der Waals surface area contributed by atoms with Crippen molar-refractivity contribution in [2.45, 2.75) is 34.1 Å². The van der Waals surface area contributed by atoms with Crippen LogP contribution in [0.25, 0.3) is 0 Å². The molecule has 0 aromatic rings. The van der Waals surface area contributed by atoms with Crippen molar-refractivity contribution < 1.29 is 0 Å². The van der Waals surface area contributed by atoms with Gasteiger partial charge in [0.25, 0.3) is 0 Å². The summed E-state index contributed by atoms with van der Waals surface area (Å²) in [6.07, 6.45) is 2.92. The smallest absolute Gasteiger partial charge is 0.0104 e. The third kappa shape index (κ3) is 42.3. The van der Waals surface area contributed by atoms with Crippen LogP contribution in [0.2, 0.25) is 0 Å². The third-order valence-electron chi connectivity index (χ3n) is 1.23. The van der Waals surface area contributed by atoms with Crippen LogP contribution in [0.3, 0.4) is 0 Å². The lowest BCUT2D eigenvalue weighted by Gasteiger charge is -2.12. The molecule has 5 N–H and O–H groups in total. The van der Waals surface area contributed by atoms with Crippen LogP contribution in [0.4, 0.5) is 0 Å². The first-order chi connectivity index (χ1) is 4.47. The highest BCUT2D eigenvalue weighted by atomic mass is 14.5. The molecule has 0 aliphatic carbocycles. The first kappa shape index (κ1) is 17.0. The molecule has 2 nitrogen and oxygen atoms in total. The van der Waals surface area contributed by atoms with Crippen LogP contribution in [0.15, 0.2) is 12.7 Å². The zero-order chi connectivity index (χ0) is 8.62. The Hall–Kier alpha value is -0.340. The van der Waals surface area contributed by atoms with Gasteiger partial charge in [-0.05, 0) is 5.41 Å². The zero-order valence-electron chi connectivity index (χ0n) is 8.48. The molecule has 0 spiro atoms. The van der Waals surface area contributed by atoms with Crippen LogP contribution in [0, 0.1) is 5.41 Å². The van der Waals surface area contributed by atoms with Gasteiger partial charge in [-0.3, -0.25) is 0 Å². The molecule has 0 bridgehead atoms. The number of hydrogen-bond acceptors (Lipinski definition) is 2. The normalized spacial score (nSPS) is 8.82. The molecule has 0 aromatic carbocycles. The van der Waals surface area contributed by atoms with Crippen LogP contribution >= 0.6 is 0 Å². The topological polar surface area (TPSA) is 61.0 Å². The largest absolute Gasteiger partial charge is 0.344 e. The van der Waals surface area contributed by atoms with Crippen molar-refractivity contribution in [1.82, 2.24) is 6.15 Å². The van der Waals surface area contributed by atoms with Crippen molar-refractivity contribution in [1.29, 1.82) is 0 Å². The number of nitrogens with two attached hydrogens (primary N) is 1. The van der Waals surface area contributed by atoms with Gasteiger partial charge in [0.2, 0.25) is 0 Å². The summed E-state index contributed by atoms with van der Waals surface area (Å²) >= 11 is 0. The molecule has 11 heavy (non-hydrogen) atoms. The molecule has 0 heterocycles. The maximum Gasteiger partial charge on any atom is 0.0104 e. The van der Waals surface area contributed by atoms with E-state index in [1.807, 2.05) is 0 Å². The van der Waals surface area contributed by atoms with Gasteiger partial charge in [-0.25, -0.2) is 0 Å². The van der Waals surface area contributed by atoms with Crippen LogP contribution in [0.5, 0.6) is 0 Å². The van der Waals surface area contributed by atoms with Gasteiger partial charge in [-0.2, -0.15) is 0 Å². The van der Waals surface area contributed by atoms with Crippen molar-refractivity contribution in [2.24, 2.45) is 11.1 Å². The van der Waals surface area contributed by atoms with Crippen LogP contribution in [-0.4, -0.2) is 6.54 Å². The summed E-state index contributed by atoms with van der Waals surface area (Å²) in [7, 11) is 0. The molecule has 0 aliphatic rings. The second-order valence-electron chi connectivity index (χ2n) is 3.44. The summed E-state index contributed by atoms with van der Waals surface area (Å²) in [6, 6.07) is 0. The van der Waals surface area contributed by atoms with Gasteiger partial charge >= 0.3 is 0 Å². The van der Waals surface area contributed by atoms with E-state index in [9.17, 15) is 0 Å². The molecule has 70 valence electrons. The van der Waals surface area contributed by atoms with Gasteiger partial charge in [0, 0.05) is 6.54 Å². The van der Waals surface area contributed by atoms with E-state index in [-0.39, 0.29) is 6.15 Å². The maximum absolute atomic E-state index is 4.91. The Morgan fingerprint density at radius 2 is 1.55 bits per heavy atom. The summed E-state index contributed by atoms with van der Waals surface area (Å²) < 4.78 is 0. The third-order valence-corrected chi connectivity index (χ3v) is 1.23. The van der Waals surface area contributed by atoms with E-state index in [1.165, 1.54) is 6.42 Å². The van der Waals surface area contributed by atoms with Crippen molar-refractivity contribution in [3.63, 3.8) is 0 Å². The highest BCUT2D eigenvalue weighted by Gasteiger charge is 2.03. The van der Waals surface area contributed by atoms with Crippen molar-refractivity contribution in [3.8, 4) is 0 Å². The molecule has 0 amide bonds. The summed E-state index contributed by atoms with van der Waals surface area (Å²) in [6.45, 7) is 12.9. The second-order valence-corrected chi connectivity index (χ2v) is 3.44. The molecule has 0 atom stereocenters. The number of rotatable bonds is 1. The Kier molecular flexibility index (Phi) is 14.9. The highest BCUT2D eigenvalue weighted by Crippen LogP contribution is 2.16. The minimum atomic E-state index is 0.